The van der Waals surface area contributed by atoms with E-state index >= 15 is 0 Å². The molecule has 2 saturated carbocycles. The molecule has 0 aromatic rings. The third-order valence-corrected chi connectivity index (χ3v) is 4.73. The minimum atomic E-state index is -3.12. The topological polar surface area (TPSA) is 57.6 Å². The Balaban J connectivity index is 1.64. The third kappa shape index (κ3) is 1.29. The largest absolute Gasteiger partial charge is 0.481 e. The van der Waals surface area contributed by atoms with Crippen molar-refractivity contribution in [3.63, 3.8) is 0 Å². The molecular weight excluding hydrogens is 244 g/mol. The zero-order valence-electron chi connectivity index (χ0n) is 9.86. The maximum atomic E-state index is 13.5. The maximum absolute atomic E-state index is 13.5. The van der Waals surface area contributed by atoms with Crippen molar-refractivity contribution in [1.82, 2.24) is 4.90 Å². The summed E-state index contributed by atoms with van der Waals surface area (Å²) in [6.45, 7) is 1.42. The number of carboxylic acids is 1. The number of carboxylic acid groups (broad SMARTS) is 1. The highest BCUT2D eigenvalue weighted by Crippen LogP contribution is 2.76. The van der Waals surface area contributed by atoms with Crippen molar-refractivity contribution in [2.45, 2.75) is 31.6 Å². The van der Waals surface area contributed by atoms with Gasteiger partial charge in [0.15, 0.2) is 0 Å². The van der Waals surface area contributed by atoms with Crippen molar-refractivity contribution in [2.75, 3.05) is 13.1 Å². The van der Waals surface area contributed by atoms with Gasteiger partial charge in [0.25, 0.3) is 5.92 Å². The summed E-state index contributed by atoms with van der Waals surface area (Å²) in [4.78, 5) is 24.4. The molecule has 3 fully saturated rings. The number of hydrogen-bond acceptors (Lipinski definition) is 2. The fraction of sp³-hybridized carbons (Fsp3) is 0.833. The fourth-order valence-electron chi connectivity index (χ4n) is 3.60. The molecule has 1 amide bonds. The predicted molar refractivity (Wildman–Crippen MR) is 57.0 cm³/mol. The Morgan fingerprint density at radius 1 is 1.17 bits per heavy atom. The van der Waals surface area contributed by atoms with E-state index in [1.54, 1.807) is 4.90 Å². The van der Waals surface area contributed by atoms with Gasteiger partial charge in [-0.2, -0.15) is 0 Å². The number of aliphatic carboxylic acids is 1. The van der Waals surface area contributed by atoms with Gasteiger partial charge in [0.1, 0.15) is 5.92 Å². The molecule has 100 valence electrons. The Morgan fingerprint density at radius 3 is 2.17 bits per heavy atom. The van der Waals surface area contributed by atoms with E-state index in [9.17, 15) is 18.4 Å². The van der Waals surface area contributed by atoms with E-state index in [-0.39, 0.29) is 18.7 Å². The van der Waals surface area contributed by atoms with Crippen LogP contribution < -0.4 is 0 Å². The molecule has 1 N–H and O–H groups in total. The van der Waals surface area contributed by atoms with Crippen molar-refractivity contribution in [3.05, 3.63) is 0 Å². The SMILES string of the molecule is O=C(O)C1C(F)(F)C12CC(C(=O)N1CCCC1)C2. The third-order valence-electron chi connectivity index (χ3n) is 4.73. The number of halogens is 2. The Bertz CT molecular complexity index is 412. The van der Waals surface area contributed by atoms with Crippen LogP contribution in [0.15, 0.2) is 0 Å². The fourth-order valence-corrected chi connectivity index (χ4v) is 3.60. The smallest absolute Gasteiger partial charge is 0.313 e. The summed E-state index contributed by atoms with van der Waals surface area (Å²) in [6, 6.07) is 0. The summed E-state index contributed by atoms with van der Waals surface area (Å²) in [5.74, 6) is -6.59. The van der Waals surface area contributed by atoms with Crippen molar-refractivity contribution in [1.29, 1.82) is 0 Å². The molecule has 3 rings (SSSR count). The number of amides is 1. The summed E-state index contributed by atoms with van der Waals surface area (Å²) in [5.41, 5.74) is -1.42. The average molecular weight is 259 g/mol. The first-order chi connectivity index (χ1) is 8.40. The van der Waals surface area contributed by atoms with Gasteiger partial charge in [-0.15, -0.1) is 0 Å². The van der Waals surface area contributed by atoms with Crippen molar-refractivity contribution < 1.29 is 23.5 Å². The van der Waals surface area contributed by atoms with Crippen molar-refractivity contribution in [2.24, 2.45) is 17.3 Å². The maximum Gasteiger partial charge on any atom is 0.313 e. The molecule has 4 nitrogen and oxygen atoms in total. The van der Waals surface area contributed by atoms with Crippen LogP contribution in [0.2, 0.25) is 0 Å². The van der Waals surface area contributed by atoms with Crippen LogP contribution in [0.1, 0.15) is 25.7 Å². The lowest BCUT2D eigenvalue weighted by molar-refractivity contribution is -0.145. The van der Waals surface area contributed by atoms with Gasteiger partial charge in [0.2, 0.25) is 5.91 Å². The quantitative estimate of drug-likeness (QED) is 0.814. The molecule has 1 aliphatic heterocycles. The highest BCUT2D eigenvalue weighted by Gasteiger charge is 2.87. The number of likely N-dealkylation sites (tertiary alicyclic amines) is 1. The molecule has 2 aliphatic carbocycles. The van der Waals surface area contributed by atoms with Crippen LogP contribution in [0.4, 0.5) is 8.78 Å². The normalized spacial score (nSPS) is 40.7. The highest BCUT2D eigenvalue weighted by atomic mass is 19.3. The summed E-state index contributed by atoms with van der Waals surface area (Å²) in [5, 5.41) is 8.75. The molecule has 0 radical (unpaired) electrons. The molecule has 0 aromatic heterocycles. The Kier molecular flexibility index (Phi) is 2.26. The molecule has 1 atom stereocenters. The lowest BCUT2D eigenvalue weighted by Crippen LogP contribution is -2.43. The van der Waals surface area contributed by atoms with Gasteiger partial charge in [0, 0.05) is 19.0 Å². The molecule has 1 saturated heterocycles. The Labute approximate surface area is 103 Å². The summed E-state index contributed by atoms with van der Waals surface area (Å²) in [7, 11) is 0. The van der Waals surface area contributed by atoms with Crippen LogP contribution in [0.5, 0.6) is 0 Å². The molecule has 6 heteroatoms. The van der Waals surface area contributed by atoms with E-state index in [0.717, 1.165) is 12.8 Å². The first-order valence-corrected chi connectivity index (χ1v) is 6.29. The molecule has 18 heavy (non-hydrogen) atoms. The lowest BCUT2D eigenvalue weighted by Gasteiger charge is -2.37. The van der Waals surface area contributed by atoms with Gasteiger partial charge in [-0.25, -0.2) is 8.78 Å². The van der Waals surface area contributed by atoms with Gasteiger partial charge in [0.05, 0.1) is 5.41 Å². The zero-order valence-corrected chi connectivity index (χ0v) is 9.86. The van der Waals surface area contributed by atoms with Crippen LogP contribution in [0, 0.1) is 17.3 Å². The molecule has 1 spiro atoms. The molecule has 1 unspecified atom stereocenters. The predicted octanol–water partition coefficient (Wildman–Crippen LogP) is 1.35. The second kappa shape index (κ2) is 3.42. The van der Waals surface area contributed by atoms with Gasteiger partial charge in [-0.1, -0.05) is 0 Å². The average Bonchev–Trinajstić information content (AvgIpc) is 2.65. The molecule has 0 aromatic carbocycles. The number of rotatable bonds is 2. The summed E-state index contributed by atoms with van der Waals surface area (Å²) in [6.07, 6.45) is 2.01. The second-order valence-corrected chi connectivity index (χ2v) is 5.69. The minimum Gasteiger partial charge on any atom is -0.481 e. The molecular formula is C12H15F2NO3. The van der Waals surface area contributed by atoms with Crippen molar-refractivity contribution >= 4 is 11.9 Å². The van der Waals surface area contributed by atoms with E-state index in [2.05, 4.69) is 0 Å². The first kappa shape index (κ1) is 11.9. The van der Waals surface area contributed by atoms with Crippen LogP contribution in [0.3, 0.4) is 0 Å². The van der Waals surface area contributed by atoms with E-state index < -0.39 is 29.1 Å². The van der Waals surface area contributed by atoms with Gasteiger partial charge in [-0.3, -0.25) is 9.59 Å². The molecule has 1 heterocycles. The summed E-state index contributed by atoms with van der Waals surface area (Å²) >= 11 is 0. The van der Waals surface area contributed by atoms with Crippen molar-refractivity contribution in [3.8, 4) is 0 Å². The van der Waals surface area contributed by atoms with E-state index in [0.29, 0.717) is 13.1 Å². The molecule has 0 bridgehead atoms. The second-order valence-electron chi connectivity index (χ2n) is 5.69. The van der Waals surface area contributed by atoms with Crippen LogP contribution >= 0.6 is 0 Å². The number of carbonyl (C=O) groups is 2. The number of carbonyl (C=O) groups excluding carboxylic acids is 1. The highest BCUT2D eigenvalue weighted by molar-refractivity contribution is 5.84. The summed E-state index contributed by atoms with van der Waals surface area (Å²) < 4.78 is 26.9. The lowest BCUT2D eigenvalue weighted by atomic mass is 9.69. The monoisotopic (exact) mass is 259 g/mol. The molecule has 3 aliphatic rings. The number of hydrogen-bond donors (Lipinski definition) is 1. The minimum absolute atomic E-state index is 0.0340. The number of nitrogens with zero attached hydrogens (tertiary/aromatic N) is 1. The first-order valence-electron chi connectivity index (χ1n) is 6.29. The van der Waals surface area contributed by atoms with E-state index in [1.165, 1.54) is 0 Å². The van der Waals surface area contributed by atoms with Crippen LogP contribution in [-0.2, 0) is 9.59 Å². The van der Waals surface area contributed by atoms with E-state index in [4.69, 9.17) is 5.11 Å². The van der Waals surface area contributed by atoms with Crippen LogP contribution in [0.25, 0.3) is 0 Å². The Hall–Kier alpha value is -1.20. The van der Waals surface area contributed by atoms with Gasteiger partial charge in [-0.05, 0) is 25.7 Å². The standard InChI is InChI=1S/C12H15F2NO3/c13-12(14)8(10(17)18)11(12)5-7(6-11)9(16)15-3-1-2-4-15/h7-8H,1-6H2,(H,17,18). The van der Waals surface area contributed by atoms with Crippen LogP contribution in [-0.4, -0.2) is 40.9 Å². The zero-order chi connectivity index (χ0) is 13.1. The number of alkyl halides is 2. The van der Waals surface area contributed by atoms with Gasteiger partial charge >= 0.3 is 5.97 Å². The van der Waals surface area contributed by atoms with Gasteiger partial charge < -0.3 is 10.0 Å². The van der Waals surface area contributed by atoms with E-state index in [1.807, 2.05) is 0 Å². The Morgan fingerprint density at radius 2 is 1.72 bits per heavy atom.